The van der Waals surface area contributed by atoms with E-state index in [1.54, 1.807) is 32.2 Å². The molecule has 3 rings (SSSR count). The molecule has 1 aromatic carbocycles. The summed E-state index contributed by atoms with van der Waals surface area (Å²) >= 11 is 12.4. The van der Waals surface area contributed by atoms with E-state index < -0.39 is 27.3 Å². The Balaban J connectivity index is 1.81. The number of benzene rings is 1. The number of halogens is 5. The van der Waals surface area contributed by atoms with Gasteiger partial charge in [-0.25, -0.2) is 8.42 Å². The first-order valence-electron chi connectivity index (χ1n) is 11.9. The molecule has 0 bridgehead atoms. The van der Waals surface area contributed by atoms with Crippen LogP contribution in [-0.4, -0.2) is 78.9 Å². The highest BCUT2D eigenvalue weighted by molar-refractivity contribution is 7.88. The number of sulfonamides is 1. The second-order valence-electron chi connectivity index (χ2n) is 9.94. The molecule has 2 heterocycles. The van der Waals surface area contributed by atoms with Crippen LogP contribution in [0.4, 0.5) is 13.2 Å². The number of alkyl halides is 3. The van der Waals surface area contributed by atoms with E-state index in [4.69, 9.17) is 23.2 Å². The molecule has 1 fully saturated rings. The maximum Gasteiger partial charge on any atom is 0.433 e. The van der Waals surface area contributed by atoms with Crippen molar-refractivity contribution in [2.24, 2.45) is 0 Å². The van der Waals surface area contributed by atoms with E-state index in [1.165, 1.54) is 21.5 Å². The van der Waals surface area contributed by atoms with Gasteiger partial charge < -0.3 is 9.80 Å². The molecule has 1 aliphatic heterocycles. The predicted octanol–water partition coefficient (Wildman–Crippen LogP) is 4.68. The van der Waals surface area contributed by atoms with Gasteiger partial charge in [0.2, 0.25) is 15.9 Å². The van der Waals surface area contributed by atoms with Crippen LogP contribution in [0.2, 0.25) is 10.0 Å². The molecule has 0 saturated carbocycles. The number of carbonyl (C=O) groups excluding carboxylic acids is 1. The molecular weight excluding hydrogens is 564 g/mol. The average Bonchev–Trinajstić information content (AvgIpc) is 2.82. The van der Waals surface area contributed by atoms with Gasteiger partial charge in [0.1, 0.15) is 5.69 Å². The maximum atomic E-state index is 13.9. The van der Waals surface area contributed by atoms with E-state index >= 15 is 0 Å². The molecule has 2 atom stereocenters. The Bertz CT molecular complexity index is 1260. The minimum absolute atomic E-state index is 0.0605. The van der Waals surface area contributed by atoms with Gasteiger partial charge in [-0.1, -0.05) is 35.3 Å². The van der Waals surface area contributed by atoms with Crippen LogP contribution in [0.1, 0.15) is 37.1 Å². The molecule has 210 valence electrons. The predicted molar refractivity (Wildman–Crippen MR) is 142 cm³/mol. The lowest BCUT2D eigenvalue weighted by Crippen LogP contribution is -2.54. The molecule has 0 radical (unpaired) electrons. The summed E-state index contributed by atoms with van der Waals surface area (Å²) in [6.45, 7) is 5.63. The minimum atomic E-state index is -4.54. The number of nitrogens with zero attached hydrogens (tertiary/aromatic N) is 4. The van der Waals surface area contributed by atoms with Gasteiger partial charge >= 0.3 is 6.18 Å². The molecule has 0 aliphatic carbocycles. The third-order valence-electron chi connectivity index (χ3n) is 6.92. The zero-order valence-corrected chi connectivity index (χ0v) is 23.9. The van der Waals surface area contributed by atoms with Crippen molar-refractivity contribution in [1.82, 2.24) is 19.1 Å². The lowest BCUT2D eigenvalue weighted by molar-refractivity contribution is -0.141. The van der Waals surface area contributed by atoms with Crippen molar-refractivity contribution in [2.45, 2.75) is 44.4 Å². The SMILES string of the molecule is C[C@H]1CN(CCC(C)(C(=O)N(C)Cc2ccc(C(F)(F)F)nc2)c2ccc(Cl)c(Cl)c2)CCN1S(C)(=O)=O. The lowest BCUT2D eigenvalue weighted by atomic mass is 9.77. The smallest absolute Gasteiger partial charge is 0.341 e. The van der Waals surface area contributed by atoms with Gasteiger partial charge in [0, 0.05) is 45.5 Å². The maximum absolute atomic E-state index is 13.9. The Hall–Kier alpha value is -1.92. The Labute approximate surface area is 231 Å². The van der Waals surface area contributed by atoms with E-state index in [1.807, 2.05) is 6.92 Å². The first kappa shape index (κ1) is 30.6. The van der Waals surface area contributed by atoms with Gasteiger partial charge in [-0.05, 0) is 56.1 Å². The molecule has 2 aromatic rings. The monoisotopic (exact) mass is 594 g/mol. The van der Waals surface area contributed by atoms with E-state index in [0.717, 1.165) is 12.3 Å². The van der Waals surface area contributed by atoms with Crippen molar-refractivity contribution in [3.8, 4) is 0 Å². The van der Waals surface area contributed by atoms with E-state index in [0.29, 0.717) is 53.8 Å². The summed E-state index contributed by atoms with van der Waals surface area (Å²) in [6.07, 6.45) is -1.84. The highest BCUT2D eigenvalue weighted by Gasteiger charge is 2.39. The summed E-state index contributed by atoms with van der Waals surface area (Å²) in [5.41, 5.74) is -0.936. The largest absolute Gasteiger partial charge is 0.433 e. The highest BCUT2D eigenvalue weighted by Crippen LogP contribution is 2.35. The molecule has 38 heavy (non-hydrogen) atoms. The first-order chi connectivity index (χ1) is 17.5. The summed E-state index contributed by atoms with van der Waals surface area (Å²) in [4.78, 5) is 20.9. The Morgan fingerprint density at radius 2 is 1.84 bits per heavy atom. The van der Waals surface area contributed by atoms with Crippen LogP contribution >= 0.6 is 23.2 Å². The zero-order chi connectivity index (χ0) is 28.5. The van der Waals surface area contributed by atoms with Crippen LogP contribution in [0.5, 0.6) is 0 Å². The molecule has 13 heteroatoms. The lowest BCUT2D eigenvalue weighted by Gasteiger charge is -2.40. The van der Waals surface area contributed by atoms with Crippen molar-refractivity contribution in [1.29, 1.82) is 0 Å². The van der Waals surface area contributed by atoms with Gasteiger partial charge in [0.15, 0.2) is 0 Å². The summed E-state index contributed by atoms with van der Waals surface area (Å²) in [5.74, 6) is -0.251. The number of rotatable bonds is 8. The minimum Gasteiger partial charge on any atom is -0.341 e. The summed E-state index contributed by atoms with van der Waals surface area (Å²) < 4.78 is 64.1. The van der Waals surface area contributed by atoms with Crippen LogP contribution in [0, 0.1) is 0 Å². The van der Waals surface area contributed by atoms with Crippen LogP contribution in [-0.2, 0) is 33.0 Å². The number of carbonyl (C=O) groups is 1. The molecule has 1 unspecified atom stereocenters. The number of hydrogen-bond acceptors (Lipinski definition) is 5. The summed E-state index contributed by atoms with van der Waals surface area (Å²) in [7, 11) is -1.72. The fourth-order valence-corrected chi connectivity index (χ4v) is 6.19. The van der Waals surface area contributed by atoms with Crippen LogP contribution in [0.3, 0.4) is 0 Å². The molecule has 0 spiro atoms. The third-order valence-corrected chi connectivity index (χ3v) is 9.05. The van der Waals surface area contributed by atoms with Gasteiger partial charge in [0.05, 0.1) is 21.7 Å². The van der Waals surface area contributed by atoms with Crippen molar-refractivity contribution >= 4 is 39.1 Å². The highest BCUT2D eigenvalue weighted by atomic mass is 35.5. The Morgan fingerprint density at radius 3 is 2.37 bits per heavy atom. The number of amides is 1. The molecule has 1 saturated heterocycles. The molecule has 1 amide bonds. The van der Waals surface area contributed by atoms with Crippen LogP contribution in [0.25, 0.3) is 0 Å². The summed E-state index contributed by atoms with van der Waals surface area (Å²) in [5, 5.41) is 0.647. The molecule has 1 aromatic heterocycles. The fourth-order valence-electron chi connectivity index (χ4n) is 4.76. The number of pyridine rings is 1. The van der Waals surface area contributed by atoms with Crippen LogP contribution in [0.15, 0.2) is 36.5 Å². The van der Waals surface area contributed by atoms with E-state index in [-0.39, 0.29) is 18.5 Å². The molecule has 0 N–H and O–H groups in total. The van der Waals surface area contributed by atoms with Crippen molar-refractivity contribution in [3.05, 3.63) is 63.4 Å². The van der Waals surface area contributed by atoms with Gasteiger partial charge in [0.25, 0.3) is 0 Å². The number of hydrogen-bond donors (Lipinski definition) is 0. The van der Waals surface area contributed by atoms with Crippen LogP contribution < -0.4 is 0 Å². The normalized spacial score (nSPS) is 19.2. The number of aromatic nitrogens is 1. The Morgan fingerprint density at radius 1 is 1.16 bits per heavy atom. The molecular formula is C25H31Cl2F3N4O3S. The van der Waals surface area contributed by atoms with Gasteiger partial charge in [-0.15, -0.1) is 0 Å². The second kappa shape index (κ2) is 11.7. The number of piperazine rings is 1. The average molecular weight is 596 g/mol. The van der Waals surface area contributed by atoms with Crippen molar-refractivity contribution < 1.29 is 26.4 Å². The van der Waals surface area contributed by atoms with Gasteiger partial charge in [-0.3, -0.25) is 9.78 Å². The molecule has 1 aliphatic rings. The van der Waals surface area contributed by atoms with Crippen molar-refractivity contribution in [2.75, 3.05) is 39.5 Å². The van der Waals surface area contributed by atoms with Crippen molar-refractivity contribution in [3.63, 3.8) is 0 Å². The zero-order valence-electron chi connectivity index (χ0n) is 21.6. The van der Waals surface area contributed by atoms with E-state index in [2.05, 4.69) is 9.88 Å². The topological polar surface area (TPSA) is 73.8 Å². The number of likely N-dealkylation sites (N-methyl/N-ethyl adjacent to an activating group) is 1. The quantitative estimate of drug-likeness (QED) is 0.444. The summed E-state index contributed by atoms with van der Waals surface area (Å²) in [6, 6.07) is 7.00. The van der Waals surface area contributed by atoms with E-state index in [9.17, 15) is 26.4 Å². The third kappa shape index (κ3) is 7.18. The second-order valence-corrected chi connectivity index (χ2v) is 12.7. The first-order valence-corrected chi connectivity index (χ1v) is 14.5. The fraction of sp³-hybridized carbons (Fsp3) is 0.520. The molecule has 7 nitrogen and oxygen atoms in total. The Kier molecular flexibility index (Phi) is 9.41. The standard InChI is InChI=1S/C25H31Cl2F3N4O3S/c1-17-15-33(11-12-34(17)38(4,36)37)10-9-24(2,19-6-7-20(26)21(27)13-19)23(35)32(3)16-18-5-8-22(31-14-18)25(28,29)30/h5-8,13-14,17H,9-12,15-16H2,1-4H3/t17-,24?/m0/s1. The van der Waals surface area contributed by atoms with Gasteiger partial charge in [-0.2, -0.15) is 17.5 Å².